The zero-order chi connectivity index (χ0) is 24.4. The number of ether oxygens (including phenoxy) is 1. The lowest BCUT2D eigenvalue weighted by molar-refractivity contribution is -0.384. The molecule has 3 aromatic rings. The van der Waals surface area contributed by atoms with Crippen LogP contribution in [0.15, 0.2) is 96.3 Å². The summed E-state index contributed by atoms with van der Waals surface area (Å²) in [6.07, 6.45) is 0. The van der Waals surface area contributed by atoms with Crippen molar-refractivity contribution in [2.75, 3.05) is 31.2 Å². The van der Waals surface area contributed by atoms with Gasteiger partial charge < -0.3 is 9.84 Å². The van der Waals surface area contributed by atoms with Gasteiger partial charge in [-0.3, -0.25) is 24.7 Å². The highest BCUT2D eigenvalue weighted by Crippen LogP contribution is 2.45. The molecular weight excluding hydrogens is 446 g/mol. The van der Waals surface area contributed by atoms with Gasteiger partial charge in [0.2, 0.25) is 0 Å². The second-order valence-electron chi connectivity index (χ2n) is 8.52. The fourth-order valence-electron chi connectivity index (χ4n) is 4.85. The minimum absolute atomic E-state index is 0.0140. The Bertz CT molecular complexity index is 1240. The number of non-ortho nitro benzene ring substituents is 1. The quantitative estimate of drug-likeness (QED) is 0.418. The minimum atomic E-state index is -0.678. The Hall–Kier alpha value is -4.01. The second kappa shape index (κ2) is 9.69. The van der Waals surface area contributed by atoms with E-state index in [2.05, 4.69) is 4.90 Å². The Morgan fingerprint density at radius 3 is 2.11 bits per heavy atom. The smallest absolute Gasteiger partial charge is 0.269 e. The summed E-state index contributed by atoms with van der Waals surface area (Å²) in [6, 6.07) is 23.7. The minimum Gasteiger partial charge on any atom is -0.509 e. The van der Waals surface area contributed by atoms with E-state index in [1.807, 2.05) is 60.7 Å². The van der Waals surface area contributed by atoms with Crippen LogP contribution in [0.3, 0.4) is 0 Å². The van der Waals surface area contributed by atoms with Crippen molar-refractivity contribution in [3.63, 3.8) is 0 Å². The molecule has 0 spiro atoms. The van der Waals surface area contributed by atoms with Gasteiger partial charge in [-0.15, -0.1) is 0 Å². The standard InChI is InChI=1S/C27H25N3O5/c31-26-23(24(28-15-17-35-18-16-28)20-11-13-22(14-12-20)30(33)34)27(32)29(21-9-5-2-6-10-21)25(26)19-7-3-1-4-8-19/h1-14,24-25,31H,15-18H2. The Morgan fingerprint density at radius 1 is 0.914 bits per heavy atom. The monoisotopic (exact) mass is 471 g/mol. The van der Waals surface area contributed by atoms with Crippen LogP contribution in [0.25, 0.3) is 0 Å². The molecule has 1 saturated heterocycles. The number of nitrogens with zero attached hydrogens (tertiary/aromatic N) is 3. The number of morpholine rings is 1. The van der Waals surface area contributed by atoms with Crippen LogP contribution in [-0.4, -0.2) is 47.1 Å². The maximum Gasteiger partial charge on any atom is 0.269 e. The van der Waals surface area contributed by atoms with Crippen LogP contribution >= 0.6 is 0 Å². The van der Waals surface area contributed by atoms with E-state index in [1.165, 1.54) is 12.1 Å². The summed E-state index contributed by atoms with van der Waals surface area (Å²) in [7, 11) is 0. The number of hydrogen-bond donors (Lipinski definition) is 1. The Kier molecular flexibility index (Phi) is 6.31. The van der Waals surface area contributed by atoms with Crippen LogP contribution in [0.1, 0.15) is 23.2 Å². The molecule has 0 bridgehead atoms. The SMILES string of the molecule is O=C1C(C(c2ccc([N+](=O)[O-])cc2)N2CCOCC2)=C(O)C(c2ccccc2)N1c1ccccc1. The fraction of sp³-hybridized carbons (Fsp3) is 0.222. The van der Waals surface area contributed by atoms with E-state index in [0.29, 0.717) is 37.6 Å². The van der Waals surface area contributed by atoms with Gasteiger partial charge in [0.15, 0.2) is 0 Å². The van der Waals surface area contributed by atoms with Gasteiger partial charge in [-0.1, -0.05) is 60.7 Å². The first-order valence-corrected chi connectivity index (χ1v) is 11.5. The molecule has 8 nitrogen and oxygen atoms in total. The summed E-state index contributed by atoms with van der Waals surface area (Å²) in [4.78, 5) is 28.5. The molecule has 0 radical (unpaired) electrons. The predicted octanol–water partition coefficient (Wildman–Crippen LogP) is 4.57. The molecule has 2 heterocycles. The first kappa shape index (κ1) is 22.8. The summed E-state index contributed by atoms with van der Waals surface area (Å²) in [5.74, 6) is -0.308. The summed E-state index contributed by atoms with van der Waals surface area (Å²) in [5, 5.41) is 22.9. The van der Waals surface area contributed by atoms with Gasteiger partial charge in [0.1, 0.15) is 11.8 Å². The van der Waals surface area contributed by atoms with Gasteiger partial charge in [-0.05, 0) is 23.3 Å². The third-order valence-electron chi connectivity index (χ3n) is 6.50. The van der Waals surface area contributed by atoms with Gasteiger partial charge in [0.05, 0.1) is 29.8 Å². The second-order valence-corrected chi connectivity index (χ2v) is 8.52. The number of amides is 1. The van der Waals surface area contributed by atoms with E-state index in [0.717, 1.165) is 5.56 Å². The van der Waals surface area contributed by atoms with Crippen molar-refractivity contribution in [1.29, 1.82) is 0 Å². The maximum atomic E-state index is 14.1. The fourth-order valence-corrected chi connectivity index (χ4v) is 4.85. The number of carbonyl (C=O) groups excluding carboxylic acids is 1. The third-order valence-corrected chi connectivity index (χ3v) is 6.50. The molecule has 1 amide bonds. The highest BCUT2D eigenvalue weighted by atomic mass is 16.6. The molecule has 0 aliphatic carbocycles. The first-order valence-electron chi connectivity index (χ1n) is 11.5. The first-order chi connectivity index (χ1) is 17.1. The summed E-state index contributed by atoms with van der Waals surface area (Å²) >= 11 is 0. The molecular formula is C27H25N3O5. The van der Waals surface area contributed by atoms with Crippen molar-refractivity contribution in [3.8, 4) is 0 Å². The summed E-state index contributed by atoms with van der Waals surface area (Å²) in [6.45, 7) is 2.12. The van der Waals surface area contributed by atoms with Crippen LogP contribution in [0, 0.1) is 10.1 Å². The largest absolute Gasteiger partial charge is 0.509 e. The normalized spacial score (nSPS) is 19.7. The lowest BCUT2D eigenvalue weighted by Crippen LogP contribution is -2.41. The van der Waals surface area contributed by atoms with Crippen molar-refractivity contribution in [2.45, 2.75) is 12.1 Å². The number of aliphatic hydroxyl groups excluding tert-OH is 1. The van der Waals surface area contributed by atoms with Gasteiger partial charge in [0, 0.05) is 30.9 Å². The van der Waals surface area contributed by atoms with Crippen molar-refractivity contribution in [2.24, 2.45) is 0 Å². The van der Waals surface area contributed by atoms with E-state index >= 15 is 0 Å². The van der Waals surface area contributed by atoms with Crippen molar-refractivity contribution in [1.82, 2.24) is 4.90 Å². The van der Waals surface area contributed by atoms with Crippen LogP contribution in [0.2, 0.25) is 0 Å². The Morgan fingerprint density at radius 2 is 1.51 bits per heavy atom. The van der Waals surface area contributed by atoms with Gasteiger partial charge in [-0.2, -0.15) is 0 Å². The molecule has 0 saturated carbocycles. The number of anilines is 1. The molecule has 3 aromatic carbocycles. The van der Waals surface area contributed by atoms with Crippen LogP contribution in [0.4, 0.5) is 11.4 Å². The number of nitro groups is 1. The zero-order valence-corrected chi connectivity index (χ0v) is 19.0. The lowest BCUT2D eigenvalue weighted by atomic mass is 9.94. The van der Waals surface area contributed by atoms with Gasteiger partial charge in [-0.25, -0.2) is 0 Å². The van der Waals surface area contributed by atoms with Crippen molar-refractivity contribution >= 4 is 17.3 Å². The molecule has 2 aliphatic heterocycles. The molecule has 1 N–H and O–H groups in total. The topological polar surface area (TPSA) is 96.1 Å². The number of aliphatic hydroxyl groups is 1. The summed E-state index contributed by atoms with van der Waals surface area (Å²) < 4.78 is 5.53. The average Bonchev–Trinajstić information content (AvgIpc) is 3.16. The Balaban J connectivity index is 1.65. The van der Waals surface area contributed by atoms with Crippen LogP contribution in [0.5, 0.6) is 0 Å². The number of hydrogen-bond acceptors (Lipinski definition) is 6. The number of benzene rings is 3. The molecule has 1 fully saturated rings. The molecule has 2 atom stereocenters. The number of para-hydroxylation sites is 1. The molecule has 35 heavy (non-hydrogen) atoms. The van der Waals surface area contributed by atoms with E-state index in [-0.39, 0.29) is 22.9 Å². The highest BCUT2D eigenvalue weighted by Gasteiger charge is 2.46. The average molecular weight is 472 g/mol. The molecule has 5 rings (SSSR count). The van der Waals surface area contributed by atoms with E-state index in [9.17, 15) is 20.0 Å². The van der Waals surface area contributed by atoms with E-state index < -0.39 is 17.0 Å². The van der Waals surface area contributed by atoms with E-state index in [1.54, 1.807) is 17.0 Å². The maximum absolute atomic E-state index is 14.1. The molecule has 2 aliphatic rings. The Labute approximate surface area is 202 Å². The molecule has 2 unspecified atom stereocenters. The van der Waals surface area contributed by atoms with E-state index in [4.69, 9.17) is 4.74 Å². The highest BCUT2D eigenvalue weighted by molar-refractivity contribution is 6.10. The van der Waals surface area contributed by atoms with Crippen molar-refractivity contribution in [3.05, 3.63) is 118 Å². The number of nitro benzene ring substituents is 1. The van der Waals surface area contributed by atoms with Gasteiger partial charge in [0.25, 0.3) is 11.6 Å². The lowest BCUT2D eigenvalue weighted by Gasteiger charge is -2.35. The van der Waals surface area contributed by atoms with Crippen LogP contribution in [-0.2, 0) is 9.53 Å². The summed E-state index contributed by atoms with van der Waals surface area (Å²) in [5.41, 5.74) is 2.42. The predicted molar refractivity (Wildman–Crippen MR) is 131 cm³/mol. The number of carbonyl (C=O) groups is 1. The third kappa shape index (κ3) is 4.29. The van der Waals surface area contributed by atoms with Crippen LogP contribution < -0.4 is 4.90 Å². The molecule has 0 aromatic heterocycles. The zero-order valence-electron chi connectivity index (χ0n) is 19.0. The molecule has 8 heteroatoms. The van der Waals surface area contributed by atoms with Gasteiger partial charge >= 0.3 is 0 Å². The van der Waals surface area contributed by atoms with Crippen molar-refractivity contribution < 1.29 is 19.6 Å². The number of rotatable bonds is 6. The molecule has 178 valence electrons.